The van der Waals surface area contributed by atoms with Gasteiger partial charge in [-0.05, 0) is 18.2 Å². The summed E-state index contributed by atoms with van der Waals surface area (Å²) in [4.78, 5) is 20.1. The van der Waals surface area contributed by atoms with Crippen LogP contribution in [0.1, 0.15) is 0 Å². The van der Waals surface area contributed by atoms with Crippen molar-refractivity contribution in [2.24, 2.45) is 0 Å². The molecule has 0 unspecified atom stereocenters. The summed E-state index contributed by atoms with van der Waals surface area (Å²) >= 11 is 0. The molecule has 0 saturated carbocycles. The van der Waals surface area contributed by atoms with Crippen molar-refractivity contribution in [2.75, 3.05) is 51.2 Å². The van der Waals surface area contributed by atoms with Crippen molar-refractivity contribution in [3.8, 4) is 5.75 Å². The van der Waals surface area contributed by atoms with Gasteiger partial charge in [-0.3, -0.25) is 9.36 Å². The molecule has 34 heavy (non-hydrogen) atoms. The van der Waals surface area contributed by atoms with Gasteiger partial charge in [-0.1, -0.05) is 39.3 Å². The van der Waals surface area contributed by atoms with Gasteiger partial charge >= 0.3 is 0 Å². The third kappa shape index (κ3) is 8.19. The van der Waals surface area contributed by atoms with Crippen molar-refractivity contribution >= 4 is 32.7 Å². The fraction of sp³-hybridized carbons (Fsp3) is 0.667. The Balaban J connectivity index is 1.80. The number of benzene rings is 1. The van der Waals surface area contributed by atoms with Gasteiger partial charge in [0, 0.05) is 54.2 Å². The fourth-order valence-electron chi connectivity index (χ4n) is 3.51. The molecule has 0 atom stereocenters. The lowest BCUT2D eigenvalue weighted by molar-refractivity contribution is 0.0228. The van der Waals surface area contributed by atoms with Crippen LogP contribution >= 0.6 is 0 Å². The Kier molecular flexibility index (Phi) is 9.33. The van der Waals surface area contributed by atoms with E-state index < -0.39 is 16.1 Å². The summed E-state index contributed by atoms with van der Waals surface area (Å²) in [5, 5.41) is 0.525. The molecule has 0 bridgehead atoms. The van der Waals surface area contributed by atoms with Crippen molar-refractivity contribution in [1.82, 2.24) is 9.55 Å². The molecule has 0 radical (unpaired) electrons. The quantitative estimate of drug-likeness (QED) is 0.242. The highest BCUT2D eigenvalue weighted by Crippen LogP contribution is 2.29. The maximum absolute atomic E-state index is 13.3. The number of aromatic nitrogens is 2. The minimum Gasteiger partial charge on any atom is -0.465 e. The smallest absolute Gasteiger partial charge is 0.263 e. The predicted octanol–water partition coefficient (Wildman–Crippen LogP) is 4.24. The zero-order valence-electron chi connectivity index (χ0n) is 21.7. The highest BCUT2D eigenvalue weighted by Gasteiger charge is 2.18. The van der Waals surface area contributed by atoms with Crippen molar-refractivity contribution in [1.29, 1.82) is 0 Å². The van der Waals surface area contributed by atoms with Crippen molar-refractivity contribution in [3.63, 3.8) is 0 Å². The molecule has 0 spiro atoms. The van der Waals surface area contributed by atoms with E-state index in [9.17, 15) is 4.79 Å². The molecule has 2 aromatic rings. The van der Waals surface area contributed by atoms with Gasteiger partial charge in [0.1, 0.15) is 18.6 Å². The average molecular weight is 508 g/mol. The van der Waals surface area contributed by atoms with Gasteiger partial charge in [-0.2, -0.15) is 0 Å². The Morgan fingerprint density at radius 3 is 2.26 bits per heavy atom. The zero-order valence-corrected chi connectivity index (χ0v) is 23.7. The number of ether oxygens (including phenoxy) is 4. The molecule has 1 saturated heterocycles. The molecule has 8 nitrogen and oxygen atoms in total. The van der Waals surface area contributed by atoms with Crippen LogP contribution < -0.4 is 15.2 Å². The van der Waals surface area contributed by atoms with Crippen molar-refractivity contribution in [2.45, 2.75) is 58.1 Å². The molecule has 10 heteroatoms. The first-order valence-corrected chi connectivity index (χ1v) is 19.6. The monoisotopic (exact) mass is 507 g/mol. The Bertz CT molecular complexity index is 995. The third-order valence-corrected chi connectivity index (χ3v) is 9.18. The predicted molar refractivity (Wildman–Crippen MR) is 143 cm³/mol. The number of hydrogen-bond acceptors (Lipinski definition) is 7. The molecular weight excluding hydrogens is 466 g/mol. The second-order valence-electron chi connectivity index (χ2n) is 11.3. The lowest BCUT2D eigenvalue weighted by atomic mass is 10.1. The van der Waals surface area contributed by atoms with E-state index in [-0.39, 0.29) is 19.1 Å². The van der Waals surface area contributed by atoms with Crippen molar-refractivity contribution < 1.29 is 18.9 Å². The highest BCUT2D eigenvalue weighted by molar-refractivity contribution is 6.76. The largest absolute Gasteiger partial charge is 0.465 e. The van der Waals surface area contributed by atoms with Gasteiger partial charge in [0.2, 0.25) is 0 Å². The van der Waals surface area contributed by atoms with E-state index in [0.717, 1.165) is 30.9 Å². The molecule has 1 fully saturated rings. The van der Waals surface area contributed by atoms with E-state index in [1.165, 1.54) is 4.57 Å². The molecular formula is C24H41N3O5Si2. The summed E-state index contributed by atoms with van der Waals surface area (Å²) in [7, 11) is -2.35. The maximum Gasteiger partial charge on any atom is 0.263 e. The molecule has 1 aromatic heterocycles. The second kappa shape index (κ2) is 11.8. The van der Waals surface area contributed by atoms with Gasteiger partial charge in [0.05, 0.1) is 18.6 Å². The van der Waals surface area contributed by atoms with E-state index in [1.54, 1.807) is 6.33 Å². The minimum absolute atomic E-state index is 0.127. The van der Waals surface area contributed by atoms with Crippen LogP contribution in [0.4, 0.5) is 5.69 Å². The topological polar surface area (TPSA) is 75.0 Å². The number of anilines is 1. The summed E-state index contributed by atoms with van der Waals surface area (Å²) in [5.41, 5.74) is 1.36. The summed E-state index contributed by atoms with van der Waals surface area (Å²) in [6.07, 6.45) is 1.55. The maximum atomic E-state index is 13.3. The first-order valence-electron chi connectivity index (χ1n) is 12.2. The summed E-state index contributed by atoms with van der Waals surface area (Å²) in [6, 6.07) is 6.00. The van der Waals surface area contributed by atoms with Gasteiger partial charge in [-0.15, -0.1) is 0 Å². The van der Waals surface area contributed by atoms with Crippen LogP contribution in [0.25, 0.3) is 10.9 Å². The van der Waals surface area contributed by atoms with E-state index in [2.05, 4.69) is 49.2 Å². The van der Waals surface area contributed by atoms with Crippen molar-refractivity contribution in [3.05, 3.63) is 28.8 Å². The third-order valence-electron chi connectivity index (χ3n) is 5.77. The van der Waals surface area contributed by atoms with Crippen LogP contribution in [-0.2, 0) is 20.9 Å². The Hall–Kier alpha value is -1.73. The van der Waals surface area contributed by atoms with E-state index in [4.69, 9.17) is 18.9 Å². The van der Waals surface area contributed by atoms with E-state index in [1.807, 2.05) is 12.1 Å². The summed E-state index contributed by atoms with van der Waals surface area (Å²) < 4.78 is 24.6. The molecule has 2 heterocycles. The second-order valence-corrected chi connectivity index (χ2v) is 22.5. The Morgan fingerprint density at radius 2 is 1.62 bits per heavy atom. The van der Waals surface area contributed by atoms with Gasteiger partial charge < -0.3 is 23.8 Å². The molecule has 1 aliphatic rings. The average Bonchev–Trinajstić information content (AvgIpc) is 2.77. The first-order chi connectivity index (χ1) is 16.0. The van der Waals surface area contributed by atoms with E-state index >= 15 is 0 Å². The molecule has 1 aromatic carbocycles. The molecule has 190 valence electrons. The first kappa shape index (κ1) is 26.9. The SMILES string of the molecule is C[Si](C)(C)CCOCOc1cc(N2CCOCC2)cc2c(=O)n(COCC[Si](C)(C)C)cnc12. The molecule has 0 N–H and O–H groups in total. The summed E-state index contributed by atoms with van der Waals surface area (Å²) in [5.74, 6) is 0.566. The number of rotatable bonds is 12. The van der Waals surface area contributed by atoms with Crippen LogP contribution in [0, 0.1) is 0 Å². The summed E-state index contributed by atoms with van der Waals surface area (Å²) in [6.45, 7) is 18.4. The molecule has 0 amide bonds. The van der Waals surface area contributed by atoms with Crippen LogP contribution in [0.3, 0.4) is 0 Å². The van der Waals surface area contributed by atoms with Crippen LogP contribution in [-0.4, -0.2) is 72.0 Å². The van der Waals surface area contributed by atoms with Gasteiger partial charge in [0.15, 0.2) is 12.5 Å². The lowest BCUT2D eigenvalue weighted by Crippen LogP contribution is -2.36. The van der Waals surface area contributed by atoms with Gasteiger partial charge in [0.25, 0.3) is 5.56 Å². The van der Waals surface area contributed by atoms with Gasteiger partial charge in [-0.25, -0.2) is 4.98 Å². The van der Waals surface area contributed by atoms with E-state index in [0.29, 0.717) is 43.1 Å². The fourth-order valence-corrected chi connectivity index (χ4v) is 5.03. The number of morpholine rings is 1. The number of fused-ring (bicyclic) bond motifs is 1. The molecule has 3 rings (SSSR count). The number of hydrogen-bond donors (Lipinski definition) is 0. The Morgan fingerprint density at radius 1 is 0.971 bits per heavy atom. The van der Waals surface area contributed by atoms with Crippen LogP contribution in [0.2, 0.25) is 51.4 Å². The molecule has 1 aliphatic heterocycles. The van der Waals surface area contributed by atoms with Crippen LogP contribution in [0.15, 0.2) is 23.3 Å². The lowest BCUT2D eigenvalue weighted by Gasteiger charge is -2.29. The minimum atomic E-state index is -1.19. The Labute approximate surface area is 205 Å². The molecule has 0 aliphatic carbocycles. The standard InChI is InChI=1S/C24H41N3O5Si2/c1-33(2,3)13-11-30-18-27-17-25-23-21(24(27)28)15-20(26-7-9-29-10-8-26)16-22(23)32-19-31-12-14-34(4,5)6/h15-17H,7-14,18-19H2,1-6H3. The normalized spacial score (nSPS) is 15.2. The number of nitrogens with zero attached hydrogens (tertiary/aromatic N) is 3. The highest BCUT2D eigenvalue weighted by atomic mass is 28.3. The zero-order chi connectivity index (χ0) is 24.8. The van der Waals surface area contributed by atoms with Crippen LogP contribution in [0.5, 0.6) is 5.75 Å².